The third kappa shape index (κ3) is 5.56. The average Bonchev–Trinajstić information content (AvgIpc) is 3.07. The first-order valence-corrected chi connectivity index (χ1v) is 10.1. The molecule has 0 radical (unpaired) electrons. The van der Waals surface area contributed by atoms with Crippen molar-refractivity contribution in [3.63, 3.8) is 0 Å². The van der Waals surface area contributed by atoms with E-state index >= 15 is 0 Å². The molecule has 138 valence electrons. The summed E-state index contributed by atoms with van der Waals surface area (Å²) in [6.07, 6.45) is 1.45. The summed E-state index contributed by atoms with van der Waals surface area (Å²) in [5.74, 6) is 0.868. The largest absolute Gasteiger partial charge is 0.303 e. The van der Waals surface area contributed by atoms with Crippen LogP contribution in [-0.2, 0) is 10.5 Å². The van der Waals surface area contributed by atoms with Gasteiger partial charge in [0.05, 0.1) is 16.9 Å². The van der Waals surface area contributed by atoms with Gasteiger partial charge >= 0.3 is 0 Å². The van der Waals surface area contributed by atoms with Crippen LogP contribution < -0.4 is 5.32 Å². The molecule has 0 spiro atoms. The van der Waals surface area contributed by atoms with Gasteiger partial charge in [-0.3, -0.25) is 14.9 Å². The molecular weight excluding hydrogens is 408 g/mol. The van der Waals surface area contributed by atoms with Crippen molar-refractivity contribution >= 4 is 58.1 Å². The summed E-state index contributed by atoms with van der Waals surface area (Å²) in [4.78, 5) is 22.6. The van der Waals surface area contributed by atoms with Crippen LogP contribution in [0.5, 0.6) is 0 Å². The number of halogens is 1. The van der Waals surface area contributed by atoms with Crippen molar-refractivity contribution < 1.29 is 9.72 Å². The lowest BCUT2D eigenvalue weighted by Crippen LogP contribution is -2.19. The number of hydrogen-bond acceptors (Lipinski definition) is 7. The molecule has 1 fully saturated rings. The van der Waals surface area contributed by atoms with Crippen LogP contribution in [0.25, 0.3) is 0 Å². The van der Waals surface area contributed by atoms with Crippen molar-refractivity contribution in [2.24, 2.45) is 10.2 Å². The molecule has 27 heavy (non-hydrogen) atoms. The van der Waals surface area contributed by atoms with Gasteiger partial charge in [0.2, 0.25) is 5.91 Å². The van der Waals surface area contributed by atoms with Crippen LogP contribution in [0.1, 0.15) is 11.1 Å². The van der Waals surface area contributed by atoms with E-state index in [1.165, 1.54) is 41.9 Å². The summed E-state index contributed by atoms with van der Waals surface area (Å²) in [5.41, 5.74) is 1.64. The third-order valence-electron chi connectivity index (χ3n) is 3.44. The summed E-state index contributed by atoms with van der Waals surface area (Å²) >= 11 is 8.68. The smallest absolute Gasteiger partial charge is 0.270 e. The number of nitrogens with one attached hydrogen (secondary N) is 1. The number of amidine groups is 1. The average molecular weight is 421 g/mol. The first-order valence-electron chi connectivity index (χ1n) is 7.70. The highest BCUT2D eigenvalue weighted by atomic mass is 35.5. The number of nitro benzene ring substituents is 1. The lowest BCUT2D eigenvalue weighted by molar-refractivity contribution is -0.384. The number of rotatable bonds is 6. The van der Waals surface area contributed by atoms with Gasteiger partial charge in [-0.25, -0.2) is 0 Å². The number of benzene rings is 2. The van der Waals surface area contributed by atoms with Crippen molar-refractivity contribution in [2.75, 3.05) is 5.75 Å². The van der Waals surface area contributed by atoms with Gasteiger partial charge in [-0.2, -0.15) is 5.10 Å². The van der Waals surface area contributed by atoms with Crippen LogP contribution in [0.15, 0.2) is 57.6 Å². The highest BCUT2D eigenvalue weighted by Crippen LogP contribution is 2.29. The minimum Gasteiger partial charge on any atom is -0.303 e. The second kappa shape index (κ2) is 9.03. The molecular formula is C17H13ClN4O3S2. The molecule has 10 heteroatoms. The van der Waals surface area contributed by atoms with Crippen LogP contribution >= 0.6 is 35.1 Å². The molecule has 1 amide bonds. The number of amides is 1. The van der Waals surface area contributed by atoms with Crippen LogP contribution in [-0.4, -0.2) is 28.0 Å². The molecule has 0 saturated carbocycles. The second-order valence-electron chi connectivity index (χ2n) is 5.38. The Morgan fingerprint density at radius 1 is 1.30 bits per heavy atom. The van der Waals surface area contributed by atoms with Crippen LogP contribution in [0.4, 0.5) is 5.69 Å². The number of nitrogens with zero attached hydrogens (tertiary/aromatic N) is 3. The van der Waals surface area contributed by atoms with E-state index in [1.54, 1.807) is 6.07 Å². The third-order valence-corrected chi connectivity index (χ3v) is 5.72. The van der Waals surface area contributed by atoms with Crippen molar-refractivity contribution in [2.45, 2.75) is 10.6 Å². The van der Waals surface area contributed by atoms with Crippen LogP contribution in [0, 0.1) is 10.1 Å². The Balaban J connectivity index is 1.78. The molecule has 1 aliphatic rings. The molecule has 2 aromatic rings. The number of carbonyl (C=O) groups excluding carboxylic acids is 1. The fourth-order valence-electron chi connectivity index (χ4n) is 2.15. The SMILES string of the molecule is O=C1CSC(=NN=Cc2cc([N+](=O)[O-])ccc2SCc2ccc(Cl)cc2)N1. The zero-order chi connectivity index (χ0) is 19.2. The maximum Gasteiger partial charge on any atom is 0.270 e. The lowest BCUT2D eigenvalue weighted by Gasteiger charge is -2.06. The van der Waals surface area contributed by atoms with E-state index in [2.05, 4.69) is 15.5 Å². The number of thioether (sulfide) groups is 2. The van der Waals surface area contributed by atoms with Crippen LogP contribution in [0.3, 0.4) is 0 Å². The van der Waals surface area contributed by atoms with Crippen molar-refractivity contribution in [1.29, 1.82) is 0 Å². The molecule has 0 aromatic heterocycles. The second-order valence-corrected chi connectivity index (χ2v) is 7.80. The predicted octanol–water partition coefficient (Wildman–Crippen LogP) is 4.09. The van der Waals surface area contributed by atoms with E-state index < -0.39 is 4.92 Å². The Morgan fingerprint density at radius 2 is 2.07 bits per heavy atom. The van der Waals surface area contributed by atoms with Gasteiger partial charge in [0, 0.05) is 33.4 Å². The highest BCUT2D eigenvalue weighted by Gasteiger charge is 2.16. The Morgan fingerprint density at radius 3 is 2.74 bits per heavy atom. The Bertz CT molecular complexity index is 932. The summed E-state index contributed by atoms with van der Waals surface area (Å²) < 4.78 is 0. The number of non-ortho nitro benzene ring substituents is 1. The van der Waals surface area contributed by atoms with E-state index in [0.717, 1.165) is 10.5 Å². The highest BCUT2D eigenvalue weighted by molar-refractivity contribution is 8.15. The summed E-state index contributed by atoms with van der Waals surface area (Å²) in [6.45, 7) is 0. The minimum atomic E-state index is -0.454. The molecule has 1 aliphatic heterocycles. The zero-order valence-electron chi connectivity index (χ0n) is 13.8. The number of nitro groups is 1. The maximum atomic E-state index is 11.2. The summed E-state index contributed by atoms with van der Waals surface area (Å²) in [5, 5.41) is 22.6. The molecule has 1 saturated heterocycles. The summed E-state index contributed by atoms with van der Waals surface area (Å²) in [7, 11) is 0. The Hall–Kier alpha value is -2.36. The molecule has 1 N–H and O–H groups in total. The van der Waals surface area contributed by atoms with Crippen molar-refractivity contribution in [1.82, 2.24) is 5.32 Å². The molecule has 2 aromatic carbocycles. The topological polar surface area (TPSA) is 97.0 Å². The Labute approximate surface area is 168 Å². The minimum absolute atomic E-state index is 0.0245. The fraction of sp³-hybridized carbons (Fsp3) is 0.118. The molecule has 3 rings (SSSR count). The van der Waals surface area contributed by atoms with Gasteiger partial charge in [0.25, 0.3) is 5.69 Å². The molecule has 0 bridgehead atoms. The first kappa shape index (κ1) is 19.4. The standard InChI is InChI=1S/C17H13ClN4O3S2/c18-13-3-1-11(2-4-13)9-26-15-6-5-14(22(24)25)7-12(15)8-19-21-17-20-16(23)10-27-17/h1-8H,9-10H2,(H,20,21,23). The molecule has 1 heterocycles. The quantitative estimate of drug-likeness (QED) is 0.328. The van der Waals surface area contributed by atoms with E-state index in [0.29, 0.717) is 27.3 Å². The van der Waals surface area contributed by atoms with Gasteiger partial charge in [-0.1, -0.05) is 35.5 Å². The van der Waals surface area contributed by atoms with Gasteiger partial charge in [-0.15, -0.1) is 16.9 Å². The van der Waals surface area contributed by atoms with Crippen LogP contribution in [0.2, 0.25) is 5.02 Å². The van der Waals surface area contributed by atoms with E-state index in [-0.39, 0.29) is 11.6 Å². The predicted molar refractivity (Wildman–Crippen MR) is 110 cm³/mol. The number of carbonyl (C=O) groups is 1. The fourth-order valence-corrected chi connectivity index (χ4v) is 3.86. The first-order chi connectivity index (χ1) is 13.0. The molecule has 0 unspecified atom stereocenters. The molecule has 0 atom stereocenters. The van der Waals surface area contributed by atoms with Gasteiger partial charge in [0.1, 0.15) is 0 Å². The monoisotopic (exact) mass is 420 g/mol. The van der Waals surface area contributed by atoms with Gasteiger partial charge < -0.3 is 5.32 Å². The lowest BCUT2D eigenvalue weighted by atomic mass is 10.2. The normalized spacial score (nSPS) is 15.4. The van der Waals surface area contributed by atoms with E-state index in [4.69, 9.17) is 11.6 Å². The van der Waals surface area contributed by atoms with Gasteiger partial charge in [0.15, 0.2) is 5.17 Å². The van der Waals surface area contributed by atoms with Gasteiger partial charge in [-0.05, 0) is 23.8 Å². The zero-order valence-corrected chi connectivity index (χ0v) is 16.2. The maximum absolute atomic E-state index is 11.2. The van der Waals surface area contributed by atoms with Crippen molar-refractivity contribution in [3.05, 3.63) is 68.7 Å². The molecule has 0 aliphatic carbocycles. The summed E-state index contributed by atoms with van der Waals surface area (Å²) in [6, 6.07) is 12.1. The molecule has 7 nitrogen and oxygen atoms in total. The van der Waals surface area contributed by atoms with Crippen molar-refractivity contribution in [3.8, 4) is 0 Å². The van der Waals surface area contributed by atoms with E-state index in [9.17, 15) is 14.9 Å². The number of hydrogen-bond donors (Lipinski definition) is 1. The Kier molecular flexibility index (Phi) is 6.49. The van der Waals surface area contributed by atoms with E-state index in [1.807, 2.05) is 24.3 Å².